The van der Waals surface area contributed by atoms with E-state index in [0.29, 0.717) is 5.56 Å². The van der Waals surface area contributed by atoms with Gasteiger partial charge < -0.3 is 5.32 Å². The van der Waals surface area contributed by atoms with Gasteiger partial charge in [-0.05, 0) is 18.6 Å². The van der Waals surface area contributed by atoms with Crippen LogP contribution in [-0.2, 0) is 0 Å². The summed E-state index contributed by atoms with van der Waals surface area (Å²) in [6, 6.07) is 9.15. The fraction of sp³-hybridized carbons (Fsp3) is 0.182. The Morgan fingerprint density at radius 1 is 1.38 bits per heavy atom. The summed E-state index contributed by atoms with van der Waals surface area (Å²) >= 11 is 0. The summed E-state index contributed by atoms with van der Waals surface area (Å²) in [4.78, 5) is 11.4. The van der Waals surface area contributed by atoms with Crippen molar-refractivity contribution in [1.82, 2.24) is 5.32 Å². The van der Waals surface area contributed by atoms with Gasteiger partial charge in [-0.2, -0.15) is 0 Å². The monoisotopic (exact) mass is 175 g/mol. The number of hydrogen-bond donors (Lipinski definition) is 1. The van der Waals surface area contributed by atoms with Crippen LogP contribution in [0.5, 0.6) is 0 Å². The van der Waals surface area contributed by atoms with E-state index < -0.39 is 0 Å². The van der Waals surface area contributed by atoms with Gasteiger partial charge in [-0.25, -0.2) is 0 Å². The SMILES string of the molecule is CCC=CNC(=O)c1ccccc1. The van der Waals surface area contributed by atoms with Crippen molar-refractivity contribution in [2.24, 2.45) is 0 Å². The third kappa shape index (κ3) is 3.11. The van der Waals surface area contributed by atoms with Crippen LogP contribution in [0.4, 0.5) is 0 Å². The summed E-state index contributed by atoms with van der Waals surface area (Å²) in [6.07, 6.45) is 4.51. The van der Waals surface area contributed by atoms with Crippen molar-refractivity contribution in [3.63, 3.8) is 0 Å². The number of nitrogens with one attached hydrogen (secondary N) is 1. The van der Waals surface area contributed by atoms with Crippen molar-refractivity contribution in [3.05, 3.63) is 48.2 Å². The van der Waals surface area contributed by atoms with Crippen LogP contribution < -0.4 is 5.32 Å². The molecule has 0 spiro atoms. The summed E-state index contributed by atoms with van der Waals surface area (Å²) in [6.45, 7) is 2.02. The van der Waals surface area contributed by atoms with E-state index in [1.807, 2.05) is 31.2 Å². The largest absolute Gasteiger partial charge is 0.329 e. The Labute approximate surface area is 78.3 Å². The van der Waals surface area contributed by atoms with E-state index in [4.69, 9.17) is 0 Å². The van der Waals surface area contributed by atoms with E-state index in [9.17, 15) is 4.79 Å². The molecule has 0 aliphatic rings. The molecule has 0 atom stereocenters. The van der Waals surface area contributed by atoms with Crippen LogP contribution in [0.3, 0.4) is 0 Å². The quantitative estimate of drug-likeness (QED) is 0.750. The van der Waals surface area contributed by atoms with Gasteiger partial charge in [-0.15, -0.1) is 0 Å². The molecule has 0 saturated carbocycles. The summed E-state index contributed by atoms with van der Waals surface area (Å²) in [5.41, 5.74) is 0.684. The summed E-state index contributed by atoms with van der Waals surface area (Å²) in [5, 5.41) is 2.68. The van der Waals surface area contributed by atoms with Crippen LogP contribution >= 0.6 is 0 Å². The Kier molecular flexibility index (Phi) is 3.76. The topological polar surface area (TPSA) is 29.1 Å². The lowest BCUT2D eigenvalue weighted by molar-refractivity contribution is 0.0970. The fourth-order valence-corrected chi connectivity index (χ4v) is 0.925. The number of allylic oxidation sites excluding steroid dienone is 1. The first-order valence-electron chi connectivity index (χ1n) is 4.35. The number of benzene rings is 1. The van der Waals surface area contributed by atoms with Gasteiger partial charge >= 0.3 is 0 Å². The van der Waals surface area contributed by atoms with E-state index in [-0.39, 0.29) is 5.91 Å². The molecule has 0 aliphatic heterocycles. The molecule has 0 heterocycles. The summed E-state index contributed by atoms with van der Waals surface area (Å²) < 4.78 is 0. The molecule has 0 radical (unpaired) electrons. The Morgan fingerprint density at radius 3 is 2.69 bits per heavy atom. The zero-order valence-corrected chi connectivity index (χ0v) is 7.66. The zero-order valence-electron chi connectivity index (χ0n) is 7.66. The summed E-state index contributed by atoms with van der Waals surface area (Å²) in [5.74, 6) is -0.0645. The molecule has 0 unspecified atom stereocenters. The molecule has 0 aliphatic carbocycles. The van der Waals surface area contributed by atoms with Gasteiger partial charge in [0.05, 0.1) is 0 Å². The number of rotatable bonds is 3. The predicted octanol–water partition coefficient (Wildman–Crippen LogP) is 2.34. The van der Waals surface area contributed by atoms with E-state index in [0.717, 1.165) is 6.42 Å². The van der Waals surface area contributed by atoms with Crippen LogP contribution in [0.15, 0.2) is 42.6 Å². The van der Waals surface area contributed by atoms with E-state index in [1.165, 1.54) is 0 Å². The summed E-state index contributed by atoms with van der Waals surface area (Å²) in [7, 11) is 0. The van der Waals surface area contributed by atoms with Gasteiger partial charge in [0.15, 0.2) is 0 Å². The maximum Gasteiger partial charge on any atom is 0.255 e. The third-order valence-corrected chi connectivity index (χ3v) is 1.60. The van der Waals surface area contributed by atoms with E-state index >= 15 is 0 Å². The van der Waals surface area contributed by atoms with Crippen molar-refractivity contribution in [2.45, 2.75) is 13.3 Å². The van der Waals surface area contributed by atoms with Crippen molar-refractivity contribution in [1.29, 1.82) is 0 Å². The molecule has 0 bridgehead atoms. The van der Waals surface area contributed by atoms with Crippen molar-refractivity contribution >= 4 is 5.91 Å². The lowest BCUT2D eigenvalue weighted by atomic mass is 10.2. The molecule has 0 fully saturated rings. The minimum absolute atomic E-state index is 0.0645. The Hall–Kier alpha value is -1.57. The van der Waals surface area contributed by atoms with Crippen molar-refractivity contribution in [3.8, 4) is 0 Å². The first-order chi connectivity index (χ1) is 6.34. The molecule has 1 amide bonds. The van der Waals surface area contributed by atoms with Crippen LogP contribution in [-0.4, -0.2) is 5.91 Å². The van der Waals surface area contributed by atoms with E-state index in [1.54, 1.807) is 18.3 Å². The van der Waals surface area contributed by atoms with Crippen molar-refractivity contribution in [2.75, 3.05) is 0 Å². The van der Waals surface area contributed by atoms with Gasteiger partial charge in [0.25, 0.3) is 5.91 Å². The number of carbonyl (C=O) groups is 1. The van der Waals surface area contributed by atoms with Crippen LogP contribution in [0.25, 0.3) is 0 Å². The third-order valence-electron chi connectivity index (χ3n) is 1.60. The normalized spacial score (nSPS) is 10.2. The second-order valence-electron chi connectivity index (χ2n) is 2.65. The maximum absolute atomic E-state index is 11.4. The van der Waals surface area contributed by atoms with E-state index in [2.05, 4.69) is 5.32 Å². The Morgan fingerprint density at radius 2 is 2.08 bits per heavy atom. The number of hydrogen-bond acceptors (Lipinski definition) is 1. The average Bonchev–Trinajstić information content (AvgIpc) is 2.19. The van der Waals surface area contributed by atoms with Gasteiger partial charge in [-0.3, -0.25) is 4.79 Å². The molecule has 1 N–H and O–H groups in total. The van der Waals surface area contributed by atoms with Gasteiger partial charge in [0, 0.05) is 11.8 Å². The fourth-order valence-electron chi connectivity index (χ4n) is 0.925. The molecule has 13 heavy (non-hydrogen) atoms. The average molecular weight is 175 g/mol. The molecule has 2 heteroatoms. The first-order valence-corrected chi connectivity index (χ1v) is 4.35. The lowest BCUT2D eigenvalue weighted by Crippen LogP contribution is -2.16. The number of amides is 1. The first kappa shape index (κ1) is 9.52. The molecule has 1 rings (SSSR count). The molecule has 68 valence electrons. The van der Waals surface area contributed by atoms with Crippen LogP contribution in [0.1, 0.15) is 23.7 Å². The molecule has 1 aromatic carbocycles. The Bertz CT molecular complexity index is 290. The van der Waals surface area contributed by atoms with Gasteiger partial charge in [0.2, 0.25) is 0 Å². The zero-order chi connectivity index (χ0) is 9.52. The highest BCUT2D eigenvalue weighted by Gasteiger charge is 1.99. The molecule has 1 aromatic rings. The van der Waals surface area contributed by atoms with Crippen molar-refractivity contribution < 1.29 is 4.79 Å². The second kappa shape index (κ2) is 5.14. The molecule has 2 nitrogen and oxygen atoms in total. The standard InChI is InChI=1S/C11H13NO/c1-2-3-9-12-11(13)10-7-5-4-6-8-10/h3-9H,2H2,1H3,(H,12,13). The van der Waals surface area contributed by atoms with Crippen LogP contribution in [0.2, 0.25) is 0 Å². The maximum atomic E-state index is 11.4. The molecule has 0 saturated heterocycles. The van der Waals surface area contributed by atoms with Gasteiger partial charge in [0.1, 0.15) is 0 Å². The number of carbonyl (C=O) groups excluding carboxylic acids is 1. The molecular weight excluding hydrogens is 162 g/mol. The minimum Gasteiger partial charge on any atom is -0.329 e. The highest BCUT2D eigenvalue weighted by Crippen LogP contribution is 1.97. The Balaban J connectivity index is 2.54. The molecular formula is C11H13NO. The minimum atomic E-state index is -0.0645. The van der Waals surface area contributed by atoms with Crippen LogP contribution in [0, 0.1) is 0 Å². The lowest BCUT2D eigenvalue weighted by Gasteiger charge is -1.98. The highest BCUT2D eigenvalue weighted by molar-refractivity contribution is 5.94. The molecule has 0 aromatic heterocycles. The smallest absolute Gasteiger partial charge is 0.255 e. The second-order valence-corrected chi connectivity index (χ2v) is 2.65. The van der Waals surface area contributed by atoms with Gasteiger partial charge in [-0.1, -0.05) is 31.2 Å². The highest BCUT2D eigenvalue weighted by atomic mass is 16.1. The predicted molar refractivity (Wildman–Crippen MR) is 53.3 cm³/mol.